The summed E-state index contributed by atoms with van der Waals surface area (Å²) in [6, 6.07) is 13.2. The van der Waals surface area contributed by atoms with Crippen LogP contribution >= 0.6 is 23.4 Å². The third-order valence-corrected chi connectivity index (χ3v) is 4.45. The molecule has 2 aromatic carbocycles. The first-order chi connectivity index (χ1) is 13.4. The van der Waals surface area contributed by atoms with Gasteiger partial charge in [-0.1, -0.05) is 35.5 Å². The van der Waals surface area contributed by atoms with Crippen LogP contribution in [0.1, 0.15) is 11.5 Å². The van der Waals surface area contributed by atoms with Gasteiger partial charge in [0.15, 0.2) is 13.2 Å². The van der Waals surface area contributed by atoms with Crippen LogP contribution < -0.4 is 9.47 Å². The van der Waals surface area contributed by atoms with E-state index in [0.29, 0.717) is 27.6 Å². The molecule has 0 spiro atoms. The summed E-state index contributed by atoms with van der Waals surface area (Å²) >= 11 is 7.12. The SMILES string of the molecule is FC(F)(F)COc1ccc(CSc2nnc(COc3ccc(Cl)cc3)o2)cc1. The van der Waals surface area contributed by atoms with Gasteiger partial charge in [-0.2, -0.15) is 13.2 Å². The zero-order valence-corrected chi connectivity index (χ0v) is 15.9. The average molecular weight is 431 g/mol. The summed E-state index contributed by atoms with van der Waals surface area (Å²) in [5, 5.41) is 8.82. The lowest BCUT2D eigenvalue weighted by molar-refractivity contribution is -0.153. The quantitative estimate of drug-likeness (QED) is 0.437. The number of halogens is 4. The molecule has 148 valence electrons. The van der Waals surface area contributed by atoms with Gasteiger partial charge in [0.25, 0.3) is 11.1 Å². The highest BCUT2D eigenvalue weighted by Gasteiger charge is 2.28. The molecular formula is C18H14ClF3N2O3S. The van der Waals surface area contributed by atoms with Crippen LogP contribution in [0, 0.1) is 0 Å². The van der Waals surface area contributed by atoms with Crippen molar-refractivity contribution in [3.05, 3.63) is 65.0 Å². The molecule has 3 aromatic rings. The van der Waals surface area contributed by atoms with Gasteiger partial charge in [0.2, 0.25) is 0 Å². The van der Waals surface area contributed by atoms with Crippen LogP contribution in [0.25, 0.3) is 0 Å². The topological polar surface area (TPSA) is 57.4 Å². The van der Waals surface area contributed by atoms with Crippen LogP contribution in [-0.4, -0.2) is 23.0 Å². The number of hydrogen-bond acceptors (Lipinski definition) is 6. The largest absolute Gasteiger partial charge is 0.484 e. The summed E-state index contributed by atoms with van der Waals surface area (Å²) in [5.41, 5.74) is 0.876. The summed E-state index contributed by atoms with van der Waals surface area (Å²) in [6.07, 6.45) is -4.36. The van der Waals surface area contributed by atoms with Gasteiger partial charge in [-0.15, -0.1) is 10.2 Å². The Morgan fingerprint density at radius 1 is 0.929 bits per heavy atom. The summed E-state index contributed by atoms with van der Waals surface area (Å²) in [7, 11) is 0. The fraction of sp³-hybridized carbons (Fsp3) is 0.222. The van der Waals surface area contributed by atoms with Gasteiger partial charge in [0.1, 0.15) is 11.5 Å². The average Bonchev–Trinajstić information content (AvgIpc) is 3.12. The van der Waals surface area contributed by atoms with E-state index in [2.05, 4.69) is 14.9 Å². The molecule has 28 heavy (non-hydrogen) atoms. The van der Waals surface area contributed by atoms with Crippen molar-refractivity contribution < 1.29 is 27.1 Å². The third-order valence-electron chi connectivity index (χ3n) is 3.31. The number of ether oxygens (including phenoxy) is 2. The number of aromatic nitrogens is 2. The molecule has 0 atom stereocenters. The van der Waals surface area contributed by atoms with E-state index in [0.717, 1.165) is 5.56 Å². The standard InChI is InChI=1S/C18H14ClF3N2O3S/c19-13-3-7-14(8-4-13)25-9-16-23-24-17(27-16)28-10-12-1-5-15(6-2-12)26-11-18(20,21)22/h1-8H,9-11H2. The highest BCUT2D eigenvalue weighted by atomic mass is 35.5. The smallest absolute Gasteiger partial charge is 0.422 e. The molecule has 0 saturated carbocycles. The molecule has 1 heterocycles. The van der Waals surface area contributed by atoms with E-state index >= 15 is 0 Å². The highest BCUT2D eigenvalue weighted by molar-refractivity contribution is 7.98. The Morgan fingerprint density at radius 3 is 2.25 bits per heavy atom. The Morgan fingerprint density at radius 2 is 1.57 bits per heavy atom. The van der Waals surface area contributed by atoms with Crippen LogP contribution in [0.3, 0.4) is 0 Å². The van der Waals surface area contributed by atoms with Crippen molar-refractivity contribution in [2.24, 2.45) is 0 Å². The molecule has 0 saturated heterocycles. The Balaban J connectivity index is 1.45. The third kappa shape index (κ3) is 6.65. The van der Waals surface area contributed by atoms with Gasteiger partial charge in [-0.3, -0.25) is 0 Å². The van der Waals surface area contributed by atoms with Gasteiger partial charge in [0, 0.05) is 10.8 Å². The van der Waals surface area contributed by atoms with E-state index in [-0.39, 0.29) is 12.4 Å². The normalized spacial score (nSPS) is 11.4. The summed E-state index contributed by atoms with van der Waals surface area (Å²) < 4.78 is 52.1. The Kier molecular flexibility index (Phi) is 6.69. The maximum absolute atomic E-state index is 12.1. The maximum Gasteiger partial charge on any atom is 0.422 e. The lowest BCUT2D eigenvalue weighted by Crippen LogP contribution is -2.19. The number of nitrogens with zero attached hydrogens (tertiary/aromatic N) is 2. The molecule has 5 nitrogen and oxygen atoms in total. The molecule has 0 radical (unpaired) electrons. The first-order valence-electron chi connectivity index (χ1n) is 7.99. The number of rotatable bonds is 8. The molecule has 0 bridgehead atoms. The van der Waals surface area contributed by atoms with E-state index in [1.807, 2.05) is 0 Å². The predicted molar refractivity (Wildman–Crippen MR) is 97.6 cm³/mol. The molecule has 10 heteroatoms. The number of alkyl halides is 3. The lowest BCUT2D eigenvalue weighted by Gasteiger charge is -2.09. The molecule has 0 aliphatic heterocycles. The first kappa shape index (κ1) is 20.3. The fourth-order valence-corrected chi connectivity index (χ4v) is 2.89. The van der Waals surface area contributed by atoms with Crippen LogP contribution in [0.5, 0.6) is 11.5 Å². The van der Waals surface area contributed by atoms with E-state index in [9.17, 15) is 13.2 Å². The zero-order chi connectivity index (χ0) is 20.0. The Bertz CT molecular complexity index is 886. The van der Waals surface area contributed by atoms with E-state index in [4.69, 9.17) is 20.8 Å². The minimum Gasteiger partial charge on any atom is -0.484 e. The summed E-state index contributed by atoms with van der Waals surface area (Å²) in [5.74, 6) is 1.63. The highest BCUT2D eigenvalue weighted by Crippen LogP contribution is 2.24. The van der Waals surface area contributed by atoms with Crippen molar-refractivity contribution in [3.63, 3.8) is 0 Å². The minimum absolute atomic E-state index is 0.125. The second-order valence-corrected chi connectivity index (χ2v) is 6.90. The second kappa shape index (κ2) is 9.20. The van der Waals surface area contributed by atoms with Crippen molar-refractivity contribution in [1.82, 2.24) is 10.2 Å². The molecule has 1 aromatic heterocycles. The Hall–Kier alpha value is -2.39. The molecule has 0 aliphatic rings. The number of thioether (sulfide) groups is 1. The van der Waals surface area contributed by atoms with Crippen LogP contribution in [0.4, 0.5) is 13.2 Å². The van der Waals surface area contributed by atoms with Crippen molar-refractivity contribution in [2.45, 2.75) is 23.8 Å². The van der Waals surface area contributed by atoms with E-state index < -0.39 is 12.8 Å². The van der Waals surface area contributed by atoms with Crippen molar-refractivity contribution in [3.8, 4) is 11.5 Å². The monoisotopic (exact) mass is 430 g/mol. The summed E-state index contributed by atoms with van der Waals surface area (Å²) in [4.78, 5) is 0. The number of benzene rings is 2. The molecule has 0 amide bonds. The van der Waals surface area contributed by atoms with Crippen LogP contribution in [-0.2, 0) is 12.4 Å². The molecule has 0 fully saturated rings. The van der Waals surface area contributed by atoms with E-state index in [1.165, 1.54) is 23.9 Å². The van der Waals surface area contributed by atoms with Crippen LogP contribution in [0.15, 0.2) is 58.2 Å². The maximum atomic E-state index is 12.1. The lowest BCUT2D eigenvalue weighted by atomic mass is 10.2. The van der Waals surface area contributed by atoms with Crippen LogP contribution in [0.2, 0.25) is 5.02 Å². The second-order valence-electron chi connectivity index (χ2n) is 5.54. The summed E-state index contributed by atoms with van der Waals surface area (Å²) in [6.45, 7) is -1.19. The van der Waals surface area contributed by atoms with Gasteiger partial charge >= 0.3 is 6.18 Å². The first-order valence-corrected chi connectivity index (χ1v) is 9.36. The predicted octanol–water partition coefficient (Wildman–Crippen LogP) is 5.54. The molecule has 0 unspecified atom stereocenters. The van der Waals surface area contributed by atoms with Gasteiger partial charge in [-0.25, -0.2) is 0 Å². The number of hydrogen-bond donors (Lipinski definition) is 0. The van der Waals surface area contributed by atoms with Crippen molar-refractivity contribution in [1.29, 1.82) is 0 Å². The molecule has 0 N–H and O–H groups in total. The van der Waals surface area contributed by atoms with E-state index in [1.54, 1.807) is 36.4 Å². The van der Waals surface area contributed by atoms with Gasteiger partial charge in [-0.05, 0) is 42.0 Å². The van der Waals surface area contributed by atoms with Gasteiger partial charge < -0.3 is 13.9 Å². The molecule has 3 rings (SSSR count). The Labute approximate surface area is 167 Å². The molecule has 0 aliphatic carbocycles. The minimum atomic E-state index is -4.36. The van der Waals surface area contributed by atoms with Crippen molar-refractivity contribution in [2.75, 3.05) is 6.61 Å². The molecular weight excluding hydrogens is 417 g/mol. The zero-order valence-electron chi connectivity index (χ0n) is 14.3. The fourth-order valence-electron chi connectivity index (χ4n) is 2.02. The van der Waals surface area contributed by atoms with Gasteiger partial charge in [0.05, 0.1) is 0 Å². The van der Waals surface area contributed by atoms with Crippen molar-refractivity contribution >= 4 is 23.4 Å².